The summed E-state index contributed by atoms with van der Waals surface area (Å²) in [7, 11) is 1.30. The summed E-state index contributed by atoms with van der Waals surface area (Å²) in [5.41, 5.74) is -0.825. The smallest absolute Gasteiger partial charge is 0.416 e. The third kappa shape index (κ3) is 5.53. The quantitative estimate of drug-likeness (QED) is 0.878. The van der Waals surface area contributed by atoms with Crippen LogP contribution in [0.5, 0.6) is 5.75 Å². The number of nitrogens with one attached hydrogen (secondary N) is 2. The number of methoxy groups -OCH3 is 1. The molecular weight excluding hydrogens is 285 g/mol. The van der Waals surface area contributed by atoms with E-state index in [1.54, 1.807) is 0 Å². The van der Waals surface area contributed by atoms with Crippen molar-refractivity contribution in [1.82, 2.24) is 10.6 Å². The molecule has 7 heteroatoms. The van der Waals surface area contributed by atoms with Crippen LogP contribution >= 0.6 is 0 Å². The average Bonchev–Trinajstić information content (AvgIpc) is 2.41. The van der Waals surface area contributed by atoms with E-state index in [0.717, 1.165) is 6.07 Å². The Hall–Kier alpha value is -1.92. The molecule has 118 valence electrons. The third-order valence-electron chi connectivity index (χ3n) is 2.73. The second-order valence-electron chi connectivity index (χ2n) is 4.98. The number of carbonyl (C=O) groups excluding carboxylic acids is 1. The van der Waals surface area contributed by atoms with Gasteiger partial charge < -0.3 is 15.4 Å². The van der Waals surface area contributed by atoms with E-state index in [4.69, 9.17) is 4.74 Å². The normalized spacial score (nSPS) is 11.4. The van der Waals surface area contributed by atoms with Crippen LogP contribution in [0.3, 0.4) is 0 Å². The maximum atomic E-state index is 13.0. The zero-order valence-electron chi connectivity index (χ0n) is 12.2. The molecule has 1 aromatic carbocycles. The average molecular weight is 304 g/mol. The van der Waals surface area contributed by atoms with Crippen molar-refractivity contribution < 1.29 is 22.7 Å². The molecule has 4 nitrogen and oxygen atoms in total. The second kappa shape index (κ2) is 7.19. The molecule has 0 atom stereocenters. The van der Waals surface area contributed by atoms with Crippen LogP contribution in [-0.2, 0) is 12.7 Å². The van der Waals surface area contributed by atoms with Gasteiger partial charge in [-0.1, -0.05) is 19.9 Å². The van der Waals surface area contributed by atoms with Crippen LogP contribution in [-0.4, -0.2) is 19.7 Å². The first-order valence-corrected chi connectivity index (χ1v) is 6.50. The van der Waals surface area contributed by atoms with Gasteiger partial charge in [0, 0.05) is 13.1 Å². The number of amides is 2. The van der Waals surface area contributed by atoms with Gasteiger partial charge in [0.05, 0.1) is 12.7 Å². The topological polar surface area (TPSA) is 50.4 Å². The van der Waals surface area contributed by atoms with Gasteiger partial charge in [-0.15, -0.1) is 0 Å². The number of rotatable bonds is 5. The molecule has 0 heterocycles. The minimum absolute atomic E-state index is 0.0111. The Morgan fingerprint density at radius 3 is 2.48 bits per heavy atom. The Morgan fingerprint density at radius 1 is 1.29 bits per heavy atom. The first kappa shape index (κ1) is 17.1. The van der Waals surface area contributed by atoms with Gasteiger partial charge in [-0.3, -0.25) is 0 Å². The maximum absolute atomic E-state index is 13.0. The summed E-state index contributed by atoms with van der Waals surface area (Å²) in [6.07, 6.45) is -4.50. The van der Waals surface area contributed by atoms with Gasteiger partial charge in [0.15, 0.2) is 0 Å². The van der Waals surface area contributed by atoms with E-state index in [-0.39, 0.29) is 23.8 Å². The Kier molecular flexibility index (Phi) is 5.87. The van der Waals surface area contributed by atoms with Crippen molar-refractivity contribution in [3.8, 4) is 5.75 Å². The minimum atomic E-state index is -4.50. The largest absolute Gasteiger partial charge is 0.497 e. The Bertz CT molecular complexity index is 488. The van der Waals surface area contributed by atoms with Crippen molar-refractivity contribution in [1.29, 1.82) is 0 Å². The van der Waals surface area contributed by atoms with E-state index in [0.29, 0.717) is 6.54 Å². The molecule has 2 N–H and O–H groups in total. The summed E-state index contributed by atoms with van der Waals surface area (Å²) in [5.74, 6) is 0.387. The number of carbonyl (C=O) groups is 1. The molecule has 0 saturated heterocycles. The fraction of sp³-hybridized carbons (Fsp3) is 0.500. The molecule has 0 unspecified atom stereocenters. The van der Waals surface area contributed by atoms with Crippen molar-refractivity contribution in [2.75, 3.05) is 13.7 Å². The van der Waals surface area contributed by atoms with Gasteiger partial charge in [-0.05, 0) is 23.6 Å². The van der Waals surface area contributed by atoms with E-state index in [1.807, 2.05) is 13.8 Å². The SMILES string of the molecule is COc1ccc(CNC(=O)NCC(C)C)c(C(F)(F)F)c1. The summed E-state index contributed by atoms with van der Waals surface area (Å²) in [6.45, 7) is 4.10. The molecule has 0 bridgehead atoms. The Morgan fingerprint density at radius 2 is 1.95 bits per heavy atom. The van der Waals surface area contributed by atoms with E-state index in [1.165, 1.54) is 19.2 Å². The van der Waals surface area contributed by atoms with Crippen LogP contribution in [0.4, 0.5) is 18.0 Å². The lowest BCUT2D eigenvalue weighted by atomic mass is 10.1. The lowest BCUT2D eigenvalue weighted by molar-refractivity contribution is -0.138. The number of urea groups is 1. The third-order valence-corrected chi connectivity index (χ3v) is 2.73. The molecule has 0 aliphatic carbocycles. The van der Waals surface area contributed by atoms with Crippen LogP contribution < -0.4 is 15.4 Å². The Labute approximate surface area is 121 Å². The van der Waals surface area contributed by atoms with Gasteiger partial charge in [0.2, 0.25) is 0 Å². The van der Waals surface area contributed by atoms with Crippen LogP contribution in [0, 0.1) is 5.92 Å². The van der Waals surface area contributed by atoms with Crippen molar-refractivity contribution in [2.24, 2.45) is 5.92 Å². The molecule has 0 aliphatic rings. The number of halogens is 3. The number of hydrogen-bond acceptors (Lipinski definition) is 2. The standard InChI is InChI=1S/C14H19F3N2O2/c1-9(2)7-18-13(20)19-8-10-4-5-11(21-3)6-12(10)14(15,16)17/h4-6,9H,7-8H2,1-3H3,(H2,18,19,20). The first-order chi connectivity index (χ1) is 9.74. The van der Waals surface area contributed by atoms with Gasteiger partial charge in [0.25, 0.3) is 0 Å². The van der Waals surface area contributed by atoms with Gasteiger partial charge >= 0.3 is 12.2 Å². The number of alkyl halides is 3. The predicted octanol–water partition coefficient (Wildman–Crippen LogP) is 3.17. The maximum Gasteiger partial charge on any atom is 0.416 e. The molecule has 0 radical (unpaired) electrons. The van der Waals surface area contributed by atoms with Crippen molar-refractivity contribution in [3.05, 3.63) is 29.3 Å². The van der Waals surface area contributed by atoms with Crippen LogP contribution in [0.2, 0.25) is 0 Å². The zero-order valence-corrected chi connectivity index (χ0v) is 12.2. The summed E-state index contributed by atoms with van der Waals surface area (Å²) < 4.78 is 43.7. The summed E-state index contributed by atoms with van der Waals surface area (Å²) >= 11 is 0. The molecule has 1 rings (SSSR count). The summed E-state index contributed by atoms with van der Waals surface area (Å²) in [4.78, 5) is 11.5. The molecule has 0 saturated carbocycles. The number of benzene rings is 1. The van der Waals surface area contributed by atoms with Crippen LogP contribution in [0.15, 0.2) is 18.2 Å². The second-order valence-corrected chi connectivity index (χ2v) is 4.98. The highest BCUT2D eigenvalue weighted by molar-refractivity contribution is 5.73. The summed E-state index contributed by atoms with van der Waals surface area (Å²) in [5, 5.41) is 4.99. The zero-order chi connectivity index (χ0) is 16.0. The molecule has 0 aromatic heterocycles. The molecule has 1 aromatic rings. The predicted molar refractivity (Wildman–Crippen MR) is 73.1 cm³/mol. The van der Waals surface area contributed by atoms with Crippen LogP contribution in [0.1, 0.15) is 25.0 Å². The number of hydrogen-bond donors (Lipinski definition) is 2. The monoisotopic (exact) mass is 304 g/mol. The first-order valence-electron chi connectivity index (χ1n) is 6.50. The molecule has 2 amide bonds. The number of ether oxygens (including phenoxy) is 1. The van der Waals surface area contributed by atoms with E-state index >= 15 is 0 Å². The summed E-state index contributed by atoms with van der Waals surface area (Å²) in [6, 6.07) is 3.15. The molecule has 0 spiro atoms. The lowest BCUT2D eigenvalue weighted by Gasteiger charge is -2.15. The molecule has 21 heavy (non-hydrogen) atoms. The van der Waals surface area contributed by atoms with Crippen molar-refractivity contribution in [3.63, 3.8) is 0 Å². The van der Waals surface area contributed by atoms with E-state index in [9.17, 15) is 18.0 Å². The van der Waals surface area contributed by atoms with Crippen LogP contribution in [0.25, 0.3) is 0 Å². The van der Waals surface area contributed by atoms with Gasteiger partial charge in [-0.25, -0.2) is 4.79 Å². The van der Waals surface area contributed by atoms with E-state index in [2.05, 4.69) is 10.6 Å². The molecule has 0 fully saturated rings. The highest BCUT2D eigenvalue weighted by Crippen LogP contribution is 2.34. The van der Waals surface area contributed by atoms with Gasteiger partial charge in [0.1, 0.15) is 5.75 Å². The molecular formula is C14H19F3N2O2. The Balaban J connectivity index is 2.77. The van der Waals surface area contributed by atoms with E-state index < -0.39 is 17.8 Å². The molecule has 0 aliphatic heterocycles. The lowest BCUT2D eigenvalue weighted by Crippen LogP contribution is -2.37. The van der Waals surface area contributed by atoms with Gasteiger partial charge in [-0.2, -0.15) is 13.2 Å². The fourth-order valence-corrected chi connectivity index (χ4v) is 1.64. The van der Waals surface area contributed by atoms with Crippen molar-refractivity contribution >= 4 is 6.03 Å². The highest BCUT2D eigenvalue weighted by Gasteiger charge is 2.33. The highest BCUT2D eigenvalue weighted by atomic mass is 19.4. The minimum Gasteiger partial charge on any atom is -0.497 e. The fourth-order valence-electron chi connectivity index (χ4n) is 1.64. The van der Waals surface area contributed by atoms with Crippen molar-refractivity contribution in [2.45, 2.75) is 26.6 Å².